The molecule has 0 bridgehead atoms. The van der Waals surface area contributed by atoms with Crippen LogP contribution in [0.25, 0.3) is 0 Å². The Labute approximate surface area is 92.9 Å². The SMILES string of the molecule is CCNC(C)CCc1cn(C)nc1CC. The molecule has 15 heavy (non-hydrogen) atoms. The predicted octanol–water partition coefficient (Wildman–Crippen LogP) is 1.91. The summed E-state index contributed by atoms with van der Waals surface area (Å²) in [6, 6.07) is 0.597. The molecule has 0 aliphatic rings. The molecule has 1 rings (SSSR count). The lowest BCUT2D eigenvalue weighted by atomic mass is 10.1. The van der Waals surface area contributed by atoms with Crippen LogP contribution < -0.4 is 5.32 Å². The lowest BCUT2D eigenvalue weighted by Crippen LogP contribution is -2.25. The lowest BCUT2D eigenvalue weighted by molar-refractivity contribution is 0.530. The van der Waals surface area contributed by atoms with Crippen LogP contribution in [0.4, 0.5) is 0 Å². The molecule has 0 saturated heterocycles. The van der Waals surface area contributed by atoms with Crippen molar-refractivity contribution >= 4 is 0 Å². The van der Waals surface area contributed by atoms with Crippen LogP contribution in [0, 0.1) is 0 Å². The van der Waals surface area contributed by atoms with Gasteiger partial charge in [0.15, 0.2) is 0 Å². The second kappa shape index (κ2) is 5.91. The first kappa shape index (κ1) is 12.2. The van der Waals surface area contributed by atoms with Gasteiger partial charge in [-0.3, -0.25) is 4.68 Å². The molecule has 1 unspecified atom stereocenters. The van der Waals surface area contributed by atoms with Crippen molar-refractivity contribution in [2.75, 3.05) is 6.54 Å². The van der Waals surface area contributed by atoms with Gasteiger partial charge >= 0.3 is 0 Å². The largest absolute Gasteiger partial charge is 0.315 e. The normalized spacial score (nSPS) is 13.1. The van der Waals surface area contributed by atoms with Crippen LogP contribution in [0.5, 0.6) is 0 Å². The fourth-order valence-electron chi connectivity index (χ4n) is 1.91. The van der Waals surface area contributed by atoms with E-state index in [4.69, 9.17) is 0 Å². The smallest absolute Gasteiger partial charge is 0.0653 e. The topological polar surface area (TPSA) is 29.9 Å². The van der Waals surface area contributed by atoms with Gasteiger partial charge in [-0.25, -0.2) is 0 Å². The fourth-order valence-corrected chi connectivity index (χ4v) is 1.91. The summed E-state index contributed by atoms with van der Waals surface area (Å²) in [6.45, 7) is 7.61. The van der Waals surface area contributed by atoms with Crippen molar-refractivity contribution in [1.82, 2.24) is 15.1 Å². The standard InChI is InChI=1S/C12H23N3/c1-5-12-11(9-15(4)14-12)8-7-10(3)13-6-2/h9-10,13H,5-8H2,1-4H3. The third kappa shape index (κ3) is 3.67. The summed E-state index contributed by atoms with van der Waals surface area (Å²) >= 11 is 0. The van der Waals surface area contributed by atoms with Crippen LogP contribution in [0.3, 0.4) is 0 Å². The van der Waals surface area contributed by atoms with E-state index in [1.165, 1.54) is 17.7 Å². The maximum Gasteiger partial charge on any atom is 0.0653 e. The van der Waals surface area contributed by atoms with E-state index in [1.807, 2.05) is 11.7 Å². The highest BCUT2D eigenvalue weighted by Crippen LogP contribution is 2.10. The first-order valence-electron chi connectivity index (χ1n) is 5.92. The van der Waals surface area contributed by atoms with Crippen LogP contribution in [-0.2, 0) is 19.9 Å². The van der Waals surface area contributed by atoms with Crippen LogP contribution in [0.2, 0.25) is 0 Å². The second-order valence-corrected chi connectivity index (χ2v) is 4.13. The quantitative estimate of drug-likeness (QED) is 0.775. The molecule has 3 nitrogen and oxygen atoms in total. The molecule has 1 atom stereocenters. The van der Waals surface area contributed by atoms with Gasteiger partial charge in [0.1, 0.15) is 0 Å². The van der Waals surface area contributed by atoms with E-state index in [-0.39, 0.29) is 0 Å². The zero-order chi connectivity index (χ0) is 11.3. The average molecular weight is 209 g/mol. The minimum absolute atomic E-state index is 0.597. The first-order chi connectivity index (χ1) is 7.17. The van der Waals surface area contributed by atoms with Gasteiger partial charge in [0.25, 0.3) is 0 Å². The third-order valence-electron chi connectivity index (χ3n) is 2.73. The van der Waals surface area contributed by atoms with Crippen LogP contribution in [-0.4, -0.2) is 22.4 Å². The van der Waals surface area contributed by atoms with Gasteiger partial charge in [0, 0.05) is 19.3 Å². The Bertz CT molecular complexity index is 291. The Balaban J connectivity index is 2.49. The van der Waals surface area contributed by atoms with Gasteiger partial charge < -0.3 is 5.32 Å². The number of rotatable bonds is 6. The zero-order valence-electron chi connectivity index (χ0n) is 10.4. The van der Waals surface area contributed by atoms with Gasteiger partial charge in [-0.1, -0.05) is 13.8 Å². The number of hydrogen-bond acceptors (Lipinski definition) is 2. The molecule has 0 fully saturated rings. The molecule has 0 amide bonds. The first-order valence-corrected chi connectivity index (χ1v) is 5.92. The Morgan fingerprint density at radius 2 is 2.20 bits per heavy atom. The molecule has 0 saturated carbocycles. The Kier molecular flexibility index (Phi) is 4.82. The van der Waals surface area contributed by atoms with Crippen molar-refractivity contribution in [2.24, 2.45) is 7.05 Å². The van der Waals surface area contributed by atoms with Crippen molar-refractivity contribution in [3.8, 4) is 0 Å². The molecule has 1 heterocycles. The lowest BCUT2D eigenvalue weighted by Gasteiger charge is -2.11. The van der Waals surface area contributed by atoms with Crippen molar-refractivity contribution in [2.45, 2.75) is 46.1 Å². The van der Waals surface area contributed by atoms with Crippen molar-refractivity contribution in [3.63, 3.8) is 0 Å². The number of nitrogens with one attached hydrogen (secondary N) is 1. The highest BCUT2D eigenvalue weighted by Gasteiger charge is 2.07. The molecule has 1 aromatic rings. The van der Waals surface area contributed by atoms with Gasteiger partial charge in [0.2, 0.25) is 0 Å². The summed E-state index contributed by atoms with van der Waals surface area (Å²) in [4.78, 5) is 0. The summed E-state index contributed by atoms with van der Waals surface area (Å²) in [5.74, 6) is 0. The van der Waals surface area contributed by atoms with Gasteiger partial charge in [0.05, 0.1) is 5.69 Å². The van der Waals surface area contributed by atoms with Crippen molar-refractivity contribution in [1.29, 1.82) is 0 Å². The van der Waals surface area contributed by atoms with E-state index in [1.54, 1.807) is 0 Å². The number of hydrogen-bond donors (Lipinski definition) is 1. The van der Waals surface area contributed by atoms with E-state index < -0.39 is 0 Å². The number of aromatic nitrogens is 2. The van der Waals surface area contributed by atoms with Gasteiger partial charge in [-0.2, -0.15) is 5.10 Å². The van der Waals surface area contributed by atoms with Gasteiger partial charge in [-0.05, 0) is 38.3 Å². The van der Waals surface area contributed by atoms with Crippen molar-refractivity contribution < 1.29 is 0 Å². The second-order valence-electron chi connectivity index (χ2n) is 4.13. The Morgan fingerprint density at radius 3 is 2.80 bits per heavy atom. The summed E-state index contributed by atoms with van der Waals surface area (Å²) in [5.41, 5.74) is 2.66. The molecule has 1 N–H and O–H groups in total. The van der Waals surface area contributed by atoms with E-state index in [2.05, 4.69) is 37.4 Å². The van der Waals surface area contributed by atoms with Crippen LogP contribution in [0.1, 0.15) is 38.4 Å². The maximum atomic E-state index is 4.45. The average Bonchev–Trinajstić information content (AvgIpc) is 2.56. The molecule has 0 aliphatic carbocycles. The summed E-state index contributed by atoms with van der Waals surface area (Å²) in [6.07, 6.45) is 5.50. The maximum absolute atomic E-state index is 4.45. The molecule has 0 aromatic carbocycles. The minimum atomic E-state index is 0.597. The van der Waals surface area contributed by atoms with Crippen LogP contribution in [0.15, 0.2) is 6.20 Å². The molecule has 0 radical (unpaired) electrons. The summed E-state index contributed by atoms with van der Waals surface area (Å²) < 4.78 is 1.92. The van der Waals surface area contributed by atoms with E-state index in [0.29, 0.717) is 6.04 Å². The number of nitrogens with zero attached hydrogens (tertiary/aromatic N) is 2. The van der Waals surface area contributed by atoms with E-state index >= 15 is 0 Å². The third-order valence-corrected chi connectivity index (χ3v) is 2.73. The summed E-state index contributed by atoms with van der Waals surface area (Å²) in [5, 5.41) is 7.88. The molecular formula is C12H23N3. The number of aryl methyl sites for hydroxylation is 3. The predicted molar refractivity (Wildman–Crippen MR) is 64.0 cm³/mol. The molecule has 0 aliphatic heterocycles. The molecular weight excluding hydrogens is 186 g/mol. The molecule has 0 spiro atoms. The highest BCUT2D eigenvalue weighted by atomic mass is 15.2. The fraction of sp³-hybridized carbons (Fsp3) is 0.750. The van der Waals surface area contributed by atoms with Crippen LogP contribution >= 0.6 is 0 Å². The zero-order valence-corrected chi connectivity index (χ0v) is 10.4. The van der Waals surface area contributed by atoms with Gasteiger partial charge in [-0.15, -0.1) is 0 Å². The molecule has 3 heteroatoms. The summed E-state index contributed by atoms with van der Waals surface area (Å²) in [7, 11) is 2.00. The van der Waals surface area contributed by atoms with Crippen molar-refractivity contribution in [3.05, 3.63) is 17.5 Å². The molecule has 86 valence electrons. The highest BCUT2D eigenvalue weighted by molar-refractivity contribution is 5.17. The Hall–Kier alpha value is -0.830. The van der Waals surface area contributed by atoms with E-state index in [0.717, 1.165) is 19.4 Å². The Morgan fingerprint density at radius 1 is 1.47 bits per heavy atom. The minimum Gasteiger partial charge on any atom is -0.315 e. The van der Waals surface area contributed by atoms with E-state index in [9.17, 15) is 0 Å². The monoisotopic (exact) mass is 209 g/mol. The molecule has 1 aromatic heterocycles.